The Balaban J connectivity index is 1.74. The fourth-order valence-electron chi connectivity index (χ4n) is 3.87. The van der Waals surface area contributed by atoms with E-state index in [2.05, 4.69) is 9.97 Å². The van der Waals surface area contributed by atoms with Crippen LogP contribution in [0.15, 0.2) is 42.9 Å². The topological polar surface area (TPSA) is 127 Å². The number of rotatable bonds is 3. The van der Waals surface area contributed by atoms with Gasteiger partial charge in [0.05, 0.1) is 10.9 Å². The number of nitrogens with two attached hydrogens (primary N) is 1. The first kappa shape index (κ1) is 20.5. The van der Waals surface area contributed by atoms with Crippen LogP contribution >= 0.6 is 0 Å². The highest BCUT2D eigenvalue weighted by Gasteiger charge is 2.54. The molecule has 11 heteroatoms. The van der Waals surface area contributed by atoms with Gasteiger partial charge in [0.25, 0.3) is 0 Å². The molecule has 1 saturated heterocycles. The van der Waals surface area contributed by atoms with Gasteiger partial charge in [0.2, 0.25) is 0 Å². The van der Waals surface area contributed by atoms with E-state index >= 15 is 0 Å². The van der Waals surface area contributed by atoms with Crippen molar-refractivity contribution in [2.24, 2.45) is 0 Å². The Kier molecular flexibility index (Phi) is 4.73. The molecule has 5 N–H and O–H groups in total. The Labute approximate surface area is 168 Å². The molecule has 3 aromatic rings. The summed E-state index contributed by atoms with van der Waals surface area (Å²) in [7, 11) is 0. The molecule has 0 aliphatic carbocycles. The molecule has 1 aliphatic heterocycles. The number of benzene rings is 1. The Morgan fingerprint density at radius 3 is 2.40 bits per heavy atom. The highest BCUT2D eigenvalue weighted by atomic mass is 19.4. The van der Waals surface area contributed by atoms with E-state index in [0.717, 1.165) is 19.1 Å². The molecular weight excluding hydrogens is 405 g/mol. The van der Waals surface area contributed by atoms with Crippen molar-refractivity contribution in [3.05, 3.63) is 54.0 Å². The Morgan fingerprint density at radius 1 is 1.07 bits per heavy atom. The van der Waals surface area contributed by atoms with Crippen molar-refractivity contribution in [1.29, 1.82) is 0 Å². The van der Waals surface area contributed by atoms with Crippen LogP contribution in [0.4, 0.5) is 19.0 Å². The summed E-state index contributed by atoms with van der Waals surface area (Å²) in [5, 5.41) is 32.6. The minimum absolute atomic E-state index is 0.189. The number of hydrogen-bond acceptors (Lipinski definition) is 7. The van der Waals surface area contributed by atoms with Crippen LogP contribution in [0.2, 0.25) is 0 Å². The Hall–Kier alpha value is -2.73. The number of ether oxygens (including phenoxy) is 1. The molecule has 0 spiro atoms. The molecular formula is C19H19F3N4O4. The average molecular weight is 424 g/mol. The first-order valence-electron chi connectivity index (χ1n) is 9.01. The molecule has 1 aliphatic rings. The molecule has 2 aromatic heterocycles. The minimum Gasteiger partial charge on any atom is -0.387 e. The van der Waals surface area contributed by atoms with Gasteiger partial charge in [-0.25, -0.2) is 9.97 Å². The van der Waals surface area contributed by atoms with Gasteiger partial charge in [0.15, 0.2) is 6.23 Å². The highest BCUT2D eigenvalue weighted by molar-refractivity contribution is 5.86. The number of aromatic nitrogens is 3. The minimum atomic E-state index is -4.73. The maximum absolute atomic E-state index is 13.5. The van der Waals surface area contributed by atoms with Crippen LogP contribution in [0.5, 0.6) is 0 Å². The van der Waals surface area contributed by atoms with Crippen molar-refractivity contribution < 1.29 is 33.2 Å². The lowest BCUT2D eigenvalue weighted by Crippen LogP contribution is -2.46. The third-order valence-corrected chi connectivity index (χ3v) is 5.38. The number of hydrogen-bond donors (Lipinski definition) is 4. The molecule has 2 unspecified atom stereocenters. The number of fused-ring (bicyclic) bond motifs is 1. The average Bonchev–Trinajstić information content (AvgIpc) is 3.24. The van der Waals surface area contributed by atoms with Crippen LogP contribution in [-0.2, 0) is 16.5 Å². The van der Waals surface area contributed by atoms with Crippen LogP contribution in [0.25, 0.3) is 11.0 Å². The van der Waals surface area contributed by atoms with Gasteiger partial charge >= 0.3 is 6.18 Å². The maximum Gasteiger partial charge on any atom is 0.416 e. The zero-order valence-electron chi connectivity index (χ0n) is 15.7. The summed E-state index contributed by atoms with van der Waals surface area (Å²) < 4.78 is 47.5. The van der Waals surface area contributed by atoms with Gasteiger partial charge in [-0.3, -0.25) is 0 Å². The van der Waals surface area contributed by atoms with Gasteiger partial charge in [-0.2, -0.15) is 13.2 Å². The quantitative estimate of drug-likeness (QED) is 0.503. The standard InChI is InChI=1S/C19H19F3N4O4/c1-18(29,10-4-2-3-5-11(10)19(20,21)22)14-12(27)13(28)17(30-14)26-7-6-9-15(23)24-8-25-16(9)26/h2-8,12-14,17,27-29H,1H3,(H2,23,24,25)/t12-,13+,14?,17+,18?/m0/s1. The van der Waals surface area contributed by atoms with E-state index in [9.17, 15) is 28.5 Å². The fourth-order valence-corrected chi connectivity index (χ4v) is 3.87. The van der Waals surface area contributed by atoms with Crippen molar-refractivity contribution in [2.75, 3.05) is 5.73 Å². The number of alkyl halides is 3. The number of aliphatic hydroxyl groups is 3. The zero-order chi connectivity index (χ0) is 21.8. The van der Waals surface area contributed by atoms with E-state index in [1.807, 2.05) is 0 Å². The van der Waals surface area contributed by atoms with Crippen molar-refractivity contribution in [3.8, 4) is 0 Å². The molecule has 160 valence electrons. The van der Waals surface area contributed by atoms with Gasteiger partial charge < -0.3 is 30.4 Å². The largest absolute Gasteiger partial charge is 0.416 e. The first-order chi connectivity index (χ1) is 14.0. The molecule has 0 amide bonds. The number of anilines is 1. The molecule has 1 aromatic carbocycles. The second kappa shape index (κ2) is 6.91. The lowest BCUT2D eigenvalue weighted by Gasteiger charge is -2.33. The summed E-state index contributed by atoms with van der Waals surface area (Å²) in [6.07, 6.45) is -8.03. The zero-order valence-corrected chi connectivity index (χ0v) is 15.7. The molecule has 4 rings (SSSR count). The number of halogens is 3. The Bertz CT molecular complexity index is 1090. The molecule has 0 radical (unpaired) electrons. The maximum atomic E-state index is 13.5. The molecule has 8 nitrogen and oxygen atoms in total. The summed E-state index contributed by atoms with van der Waals surface area (Å²) in [5.41, 5.74) is 2.30. The monoisotopic (exact) mass is 424 g/mol. The third-order valence-electron chi connectivity index (χ3n) is 5.38. The summed E-state index contributed by atoms with van der Waals surface area (Å²) in [4.78, 5) is 7.95. The van der Waals surface area contributed by atoms with Crippen molar-refractivity contribution in [3.63, 3.8) is 0 Å². The molecule has 3 heterocycles. The molecule has 0 saturated carbocycles. The molecule has 30 heavy (non-hydrogen) atoms. The number of nitrogen functional groups attached to an aromatic ring is 1. The fraction of sp³-hybridized carbons (Fsp3) is 0.368. The van der Waals surface area contributed by atoms with Crippen molar-refractivity contribution in [2.45, 2.75) is 43.2 Å². The van der Waals surface area contributed by atoms with E-state index in [0.29, 0.717) is 11.0 Å². The Morgan fingerprint density at radius 2 is 1.73 bits per heavy atom. The number of aliphatic hydroxyl groups excluding tert-OH is 2. The van der Waals surface area contributed by atoms with Gasteiger partial charge in [0.1, 0.15) is 41.7 Å². The van der Waals surface area contributed by atoms with Crippen molar-refractivity contribution >= 4 is 16.9 Å². The predicted molar refractivity (Wildman–Crippen MR) is 98.9 cm³/mol. The van der Waals surface area contributed by atoms with Crippen LogP contribution in [0.1, 0.15) is 24.3 Å². The lowest BCUT2D eigenvalue weighted by molar-refractivity contribution is -0.154. The van der Waals surface area contributed by atoms with E-state index in [1.54, 1.807) is 6.07 Å². The van der Waals surface area contributed by atoms with E-state index in [4.69, 9.17) is 10.5 Å². The SMILES string of the molecule is CC(O)(c1ccccc1C(F)(F)F)C1O[C@@H](n2ccc3c(N)ncnc32)[C@H](O)[C@@H]1O. The second-order valence-corrected chi connectivity index (χ2v) is 7.34. The highest BCUT2D eigenvalue weighted by Crippen LogP contribution is 2.44. The summed E-state index contributed by atoms with van der Waals surface area (Å²) in [5.74, 6) is 0.189. The van der Waals surface area contributed by atoms with E-state index < -0.39 is 47.4 Å². The summed E-state index contributed by atoms with van der Waals surface area (Å²) in [6.45, 7) is 1.11. The first-order valence-corrected chi connectivity index (χ1v) is 9.01. The molecule has 0 bridgehead atoms. The second-order valence-electron chi connectivity index (χ2n) is 7.34. The van der Waals surface area contributed by atoms with Gasteiger partial charge in [-0.05, 0) is 24.6 Å². The van der Waals surface area contributed by atoms with Gasteiger partial charge in [-0.1, -0.05) is 18.2 Å². The van der Waals surface area contributed by atoms with Gasteiger partial charge in [0, 0.05) is 6.20 Å². The van der Waals surface area contributed by atoms with E-state index in [-0.39, 0.29) is 5.82 Å². The van der Waals surface area contributed by atoms with Crippen LogP contribution in [0, 0.1) is 0 Å². The third kappa shape index (κ3) is 3.10. The molecule has 1 fully saturated rings. The van der Waals surface area contributed by atoms with Crippen LogP contribution in [-0.4, -0.2) is 48.2 Å². The van der Waals surface area contributed by atoms with Gasteiger partial charge in [-0.15, -0.1) is 0 Å². The summed E-state index contributed by atoms with van der Waals surface area (Å²) in [6, 6.07) is 6.06. The summed E-state index contributed by atoms with van der Waals surface area (Å²) >= 11 is 0. The van der Waals surface area contributed by atoms with Crippen LogP contribution < -0.4 is 5.73 Å². The lowest BCUT2D eigenvalue weighted by atomic mass is 9.84. The predicted octanol–water partition coefficient (Wildman–Crippen LogP) is 1.56. The van der Waals surface area contributed by atoms with Crippen molar-refractivity contribution in [1.82, 2.24) is 14.5 Å². The van der Waals surface area contributed by atoms with Crippen LogP contribution in [0.3, 0.4) is 0 Å². The molecule has 5 atom stereocenters. The van der Waals surface area contributed by atoms with E-state index in [1.165, 1.54) is 29.2 Å². The normalized spacial score (nSPS) is 26.8. The smallest absolute Gasteiger partial charge is 0.387 e. The number of nitrogens with zero attached hydrogens (tertiary/aromatic N) is 3.